The Morgan fingerprint density at radius 2 is 1.24 bits per heavy atom. The molecule has 2 heteroatoms. The van der Waals surface area contributed by atoms with Crippen LogP contribution in [-0.4, -0.2) is 11.6 Å². The molecule has 3 aromatic carbocycles. The molecule has 2 nitrogen and oxygen atoms in total. The van der Waals surface area contributed by atoms with Gasteiger partial charge in [-0.3, -0.25) is 9.59 Å². The van der Waals surface area contributed by atoms with Crippen LogP contribution >= 0.6 is 0 Å². The van der Waals surface area contributed by atoms with E-state index in [9.17, 15) is 9.59 Å². The summed E-state index contributed by atoms with van der Waals surface area (Å²) in [6.07, 6.45) is 0. The van der Waals surface area contributed by atoms with Crippen LogP contribution in [-0.2, 0) is 0 Å². The lowest BCUT2D eigenvalue weighted by atomic mass is 9.94. The van der Waals surface area contributed by atoms with E-state index >= 15 is 0 Å². The summed E-state index contributed by atoms with van der Waals surface area (Å²) in [5.41, 5.74) is 1.93. The van der Waals surface area contributed by atoms with Crippen LogP contribution in [0, 0.1) is 0 Å². The van der Waals surface area contributed by atoms with Gasteiger partial charge in [0.05, 0.1) is 0 Å². The van der Waals surface area contributed by atoms with Crippen molar-refractivity contribution in [2.24, 2.45) is 0 Å². The van der Waals surface area contributed by atoms with Crippen LogP contribution < -0.4 is 0 Å². The second-order valence-electron chi connectivity index (χ2n) is 4.96. The summed E-state index contributed by atoms with van der Waals surface area (Å²) < 4.78 is 0. The molecule has 3 rings (SSSR count). The van der Waals surface area contributed by atoms with Crippen LogP contribution in [0.5, 0.6) is 0 Å². The third kappa shape index (κ3) is 2.36. The Bertz CT molecular complexity index is 833. The number of carbonyl (C=O) groups is 2. The molecule has 0 radical (unpaired) electrons. The van der Waals surface area contributed by atoms with E-state index in [1.807, 2.05) is 48.5 Å². The minimum atomic E-state index is -0.0260. The number of hydrogen-bond acceptors (Lipinski definition) is 2. The van der Waals surface area contributed by atoms with Crippen molar-refractivity contribution in [3.05, 3.63) is 83.4 Å². The highest BCUT2D eigenvalue weighted by Crippen LogP contribution is 2.24. The van der Waals surface area contributed by atoms with Crippen molar-refractivity contribution in [3.63, 3.8) is 0 Å². The maximum atomic E-state index is 12.7. The molecule has 21 heavy (non-hydrogen) atoms. The first-order valence-corrected chi connectivity index (χ1v) is 6.81. The molecule has 0 fully saturated rings. The Balaban J connectivity index is 2.23. The zero-order valence-electron chi connectivity index (χ0n) is 11.7. The van der Waals surface area contributed by atoms with Crippen molar-refractivity contribution in [1.82, 2.24) is 0 Å². The summed E-state index contributed by atoms with van der Waals surface area (Å²) >= 11 is 0. The average molecular weight is 274 g/mol. The first-order valence-electron chi connectivity index (χ1n) is 6.81. The zero-order chi connectivity index (χ0) is 14.8. The molecule has 0 amide bonds. The van der Waals surface area contributed by atoms with Gasteiger partial charge in [-0.05, 0) is 17.7 Å². The Morgan fingerprint density at radius 3 is 1.86 bits per heavy atom. The van der Waals surface area contributed by atoms with Crippen LogP contribution in [0.15, 0.2) is 66.7 Å². The van der Waals surface area contributed by atoms with Crippen molar-refractivity contribution >= 4 is 22.3 Å². The van der Waals surface area contributed by atoms with Gasteiger partial charge in [-0.1, -0.05) is 66.7 Å². The molecular weight excluding hydrogens is 260 g/mol. The minimum absolute atomic E-state index is 0.00455. The lowest BCUT2D eigenvalue weighted by Gasteiger charge is -2.08. The van der Waals surface area contributed by atoms with Crippen LogP contribution in [0.1, 0.15) is 33.2 Å². The van der Waals surface area contributed by atoms with Crippen molar-refractivity contribution in [2.45, 2.75) is 6.92 Å². The maximum absolute atomic E-state index is 12.7. The number of fused-ring (bicyclic) bond motifs is 1. The van der Waals surface area contributed by atoms with E-state index in [1.54, 1.807) is 25.1 Å². The van der Waals surface area contributed by atoms with Gasteiger partial charge in [-0.2, -0.15) is 0 Å². The molecule has 0 bridgehead atoms. The third-order valence-corrected chi connectivity index (χ3v) is 3.58. The molecule has 0 spiro atoms. The molecule has 0 saturated heterocycles. The number of benzene rings is 3. The molecule has 0 heterocycles. The highest BCUT2D eigenvalue weighted by Gasteiger charge is 2.14. The zero-order valence-corrected chi connectivity index (χ0v) is 11.7. The van der Waals surface area contributed by atoms with Gasteiger partial charge in [0, 0.05) is 16.7 Å². The van der Waals surface area contributed by atoms with Crippen molar-refractivity contribution in [1.29, 1.82) is 0 Å². The molecular formula is C19H14O2. The van der Waals surface area contributed by atoms with Crippen molar-refractivity contribution in [2.75, 3.05) is 0 Å². The summed E-state index contributed by atoms with van der Waals surface area (Å²) in [5.74, 6) is -0.0215. The molecule has 0 saturated carbocycles. The fourth-order valence-corrected chi connectivity index (χ4v) is 2.56. The molecule has 0 aromatic heterocycles. The largest absolute Gasteiger partial charge is 0.294 e. The topological polar surface area (TPSA) is 34.1 Å². The molecule has 0 N–H and O–H groups in total. The van der Waals surface area contributed by atoms with Crippen LogP contribution in [0.4, 0.5) is 0 Å². The van der Waals surface area contributed by atoms with E-state index in [0.717, 1.165) is 10.8 Å². The average Bonchev–Trinajstić information content (AvgIpc) is 2.53. The molecule has 0 atom stereocenters. The van der Waals surface area contributed by atoms with Gasteiger partial charge in [0.25, 0.3) is 0 Å². The maximum Gasteiger partial charge on any atom is 0.193 e. The van der Waals surface area contributed by atoms with Gasteiger partial charge < -0.3 is 0 Å². The molecule has 0 aliphatic rings. The van der Waals surface area contributed by atoms with Gasteiger partial charge in [0.15, 0.2) is 11.6 Å². The Hall–Kier alpha value is -2.74. The van der Waals surface area contributed by atoms with Gasteiger partial charge in [0.2, 0.25) is 0 Å². The lowest BCUT2D eigenvalue weighted by molar-refractivity contribution is 0.101. The van der Waals surface area contributed by atoms with Gasteiger partial charge in [-0.15, -0.1) is 0 Å². The van der Waals surface area contributed by atoms with Crippen LogP contribution in [0.25, 0.3) is 10.8 Å². The molecule has 0 aliphatic heterocycles. The van der Waals surface area contributed by atoms with E-state index in [1.165, 1.54) is 0 Å². The molecule has 102 valence electrons. The van der Waals surface area contributed by atoms with Gasteiger partial charge in [-0.25, -0.2) is 0 Å². The standard InChI is InChI=1S/C19H14O2/c1-13(20)15-9-5-11-17-16(15)10-6-12-18(17)19(21)14-7-3-2-4-8-14/h2-12H,1H3. The molecule has 0 unspecified atom stereocenters. The van der Waals surface area contributed by atoms with Crippen LogP contribution in [0.3, 0.4) is 0 Å². The number of carbonyl (C=O) groups excluding carboxylic acids is 2. The quantitative estimate of drug-likeness (QED) is 0.668. The number of rotatable bonds is 3. The Morgan fingerprint density at radius 1 is 0.667 bits per heavy atom. The van der Waals surface area contributed by atoms with E-state index in [-0.39, 0.29) is 11.6 Å². The van der Waals surface area contributed by atoms with E-state index in [4.69, 9.17) is 0 Å². The monoisotopic (exact) mass is 274 g/mol. The SMILES string of the molecule is CC(=O)c1cccc2c(C(=O)c3ccccc3)cccc12. The summed E-state index contributed by atoms with van der Waals surface area (Å²) in [5, 5.41) is 1.64. The fraction of sp³-hybridized carbons (Fsp3) is 0.0526. The minimum Gasteiger partial charge on any atom is -0.294 e. The van der Waals surface area contributed by atoms with Crippen molar-refractivity contribution < 1.29 is 9.59 Å². The second-order valence-corrected chi connectivity index (χ2v) is 4.96. The van der Waals surface area contributed by atoms with E-state index < -0.39 is 0 Å². The predicted octanol–water partition coefficient (Wildman–Crippen LogP) is 4.27. The summed E-state index contributed by atoms with van der Waals surface area (Å²) in [6, 6.07) is 20.2. The Kier molecular flexibility index (Phi) is 3.36. The first kappa shape index (κ1) is 13.3. The fourth-order valence-electron chi connectivity index (χ4n) is 2.56. The second kappa shape index (κ2) is 5.33. The van der Waals surface area contributed by atoms with E-state index in [0.29, 0.717) is 16.7 Å². The van der Waals surface area contributed by atoms with Gasteiger partial charge in [0.1, 0.15) is 0 Å². The third-order valence-electron chi connectivity index (χ3n) is 3.58. The highest BCUT2D eigenvalue weighted by atomic mass is 16.1. The lowest BCUT2D eigenvalue weighted by Crippen LogP contribution is -2.03. The smallest absolute Gasteiger partial charge is 0.193 e. The van der Waals surface area contributed by atoms with Crippen LogP contribution in [0.2, 0.25) is 0 Å². The Labute approximate surface area is 123 Å². The summed E-state index contributed by atoms with van der Waals surface area (Å²) in [7, 11) is 0. The van der Waals surface area contributed by atoms with Gasteiger partial charge >= 0.3 is 0 Å². The first-order chi connectivity index (χ1) is 10.2. The predicted molar refractivity (Wildman–Crippen MR) is 83.8 cm³/mol. The molecule has 0 aliphatic carbocycles. The summed E-state index contributed by atoms with van der Waals surface area (Å²) in [6.45, 7) is 1.54. The van der Waals surface area contributed by atoms with Crippen molar-refractivity contribution in [3.8, 4) is 0 Å². The molecule has 3 aromatic rings. The van der Waals surface area contributed by atoms with E-state index in [2.05, 4.69) is 0 Å². The summed E-state index contributed by atoms with van der Waals surface area (Å²) in [4.78, 5) is 24.4. The number of hydrogen-bond donors (Lipinski definition) is 0. The normalized spacial score (nSPS) is 10.5. The highest BCUT2D eigenvalue weighted by molar-refractivity contribution is 6.19. The number of Topliss-reactive ketones (excluding diaryl/α,β-unsaturated/α-hetero) is 1. The number of ketones is 2.